The van der Waals surface area contributed by atoms with Crippen LogP contribution in [-0.4, -0.2) is 82.2 Å². The van der Waals surface area contributed by atoms with E-state index in [1.807, 2.05) is 5.92 Å². The second-order valence-corrected chi connectivity index (χ2v) is 9.35. The number of esters is 1. The third kappa shape index (κ3) is 5.83. The van der Waals surface area contributed by atoms with Crippen LogP contribution in [0.4, 0.5) is 0 Å². The van der Waals surface area contributed by atoms with Gasteiger partial charge >= 0.3 is 13.7 Å². The van der Waals surface area contributed by atoms with Crippen molar-refractivity contribution in [1.82, 2.24) is 15.3 Å². The van der Waals surface area contributed by atoms with E-state index in [1.54, 1.807) is 18.2 Å². The molecular weight excluding hydrogens is 485 g/mol. The van der Waals surface area contributed by atoms with Crippen molar-refractivity contribution in [1.29, 1.82) is 0 Å². The van der Waals surface area contributed by atoms with Gasteiger partial charge in [-0.25, -0.2) is 4.57 Å². The average Bonchev–Trinajstić information content (AvgIpc) is 3.08. The standard InChI is InChI=1S/C21H26N3O10P/c1-4-21(29)17(26)15(33-19(21)24-11-10-16(25)22-20(24)28)12-32-35(30,23-13(2)18(27)31-3)34-14-8-6-5-7-9-14/h1,5-11,13,15,17,19-20,26,28-29H,12H2,2-3H3,(H,22,25)(H,23,30). The summed E-state index contributed by atoms with van der Waals surface area (Å²) in [5, 5.41) is 36.4. The van der Waals surface area contributed by atoms with Gasteiger partial charge in [-0.05, 0) is 19.1 Å². The van der Waals surface area contributed by atoms with E-state index in [9.17, 15) is 29.5 Å². The van der Waals surface area contributed by atoms with Crippen LogP contribution in [0.3, 0.4) is 0 Å². The molecule has 2 aliphatic rings. The lowest BCUT2D eigenvalue weighted by atomic mass is 9.94. The van der Waals surface area contributed by atoms with Crippen LogP contribution in [0.15, 0.2) is 42.6 Å². The Kier molecular flexibility index (Phi) is 8.19. The number of hydrogen-bond acceptors (Lipinski definition) is 11. The van der Waals surface area contributed by atoms with Crippen molar-refractivity contribution in [2.24, 2.45) is 0 Å². The number of nitrogens with one attached hydrogen (secondary N) is 2. The van der Waals surface area contributed by atoms with Gasteiger partial charge in [-0.1, -0.05) is 24.1 Å². The van der Waals surface area contributed by atoms with Gasteiger partial charge in [-0.2, -0.15) is 5.09 Å². The first kappa shape index (κ1) is 26.7. The molecule has 0 radical (unpaired) electrons. The molecule has 5 N–H and O–H groups in total. The molecule has 1 amide bonds. The van der Waals surface area contributed by atoms with Crippen molar-refractivity contribution >= 4 is 19.6 Å². The summed E-state index contributed by atoms with van der Waals surface area (Å²) in [5.74, 6) is 0.861. The number of rotatable bonds is 9. The normalized spacial score (nSPS) is 30.6. The van der Waals surface area contributed by atoms with E-state index in [1.165, 1.54) is 19.1 Å². The summed E-state index contributed by atoms with van der Waals surface area (Å²) in [6, 6.07) is 6.87. The number of terminal acetylenes is 1. The Morgan fingerprint density at radius 1 is 1.40 bits per heavy atom. The Balaban J connectivity index is 1.80. The lowest BCUT2D eigenvalue weighted by Gasteiger charge is -2.38. The zero-order valence-corrected chi connectivity index (χ0v) is 19.7. The summed E-state index contributed by atoms with van der Waals surface area (Å²) in [5.41, 5.74) is -2.35. The molecule has 2 heterocycles. The smallest absolute Gasteiger partial charge is 0.459 e. The van der Waals surface area contributed by atoms with Gasteiger partial charge in [0.2, 0.25) is 12.3 Å². The number of aliphatic hydroxyl groups is 3. The van der Waals surface area contributed by atoms with Crippen molar-refractivity contribution in [3.8, 4) is 18.1 Å². The topological polar surface area (TPSA) is 176 Å². The minimum absolute atomic E-state index is 0.156. The maximum Gasteiger partial charge on any atom is 0.459 e. The van der Waals surface area contributed by atoms with Gasteiger partial charge in [0.25, 0.3) is 0 Å². The fourth-order valence-corrected chi connectivity index (χ4v) is 4.90. The van der Waals surface area contributed by atoms with Crippen LogP contribution in [0.1, 0.15) is 6.92 Å². The van der Waals surface area contributed by atoms with E-state index >= 15 is 0 Å². The molecule has 0 aliphatic carbocycles. The third-order valence-electron chi connectivity index (χ3n) is 5.22. The molecule has 2 aliphatic heterocycles. The van der Waals surface area contributed by atoms with Gasteiger partial charge in [0.15, 0.2) is 11.8 Å². The second-order valence-electron chi connectivity index (χ2n) is 7.66. The van der Waals surface area contributed by atoms with E-state index in [0.29, 0.717) is 0 Å². The molecule has 1 aromatic rings. The maximum atomic E-state index is 13.5. The number of ether oxygens (including phenoxy) is 2. The molecule has 7 atom stereocenters. The van der Waals surface area contributed by atoms with Crippen molar-refractivity contribution in [2.45, 2.75) is 43.4 Å². The van der Waals surface area contributed by atoms with Gasteiger partial charge in [-0.15, -0.1) is 6.42 Å². The predicted molar refractivity (Wildman–Crippen MR) is 119 cm³/mol. The van der Waals surface area contributed by atoms with Crippen molar-refractivity contribution < 1.29 is 48.0 Å². The van der Waals surface area contributed by atoms with Crippen LogP contribution in [0.5, 0.6) is 5.75 Å². The Morgan fingerprint density at radius 2 is 2.09 bits per heavy atom. The number of hydrogen-bond donors (Lipinski definition) is 5. The summed E-state index contributed by atoms with van der Waals surface area (Å²) < 4.78 is 34.7. The molecule has 1 saturated heterocycles. The molecule has 14 heteroatoms. The summed E-state index contributed by atoms with van der Waals surface area (Å²) in [7, 11) is -3.12. The summed E-state index contributed by atoms with van der Waals surface area (Å²) in [6.07, 6.45) is 1.39. The first-order valence-corrected chi connectivity index (χ1v) is 11.9. The fraction of sp³-hybridized carbons (Fsp3) is 0.429. The highest BCUT2D eigenvalue weighted by Gasteiger charge is 2.58. The molecule has 0 bridgehead atoms. The van der Waals surface area contributed by atoms with Crippen LogP contribution in [-0.2, 0) is 28.2 Å². The Labute approximate surface area is 201 Å². The molecule has 0 spiro atoms. The Hall–Kier alpha value is -2.95. The van der Waals surface area contributed by atoms with Gasteiger partial charge in [0.1, 0.15) is 24.0 Å². The fourth-order valence-electron chi connectivity index (χ4n) is 3.40. The van der Waals surface area contributed by atoms with E-state index in [4.69, 9.17) is 20.2 Å². The summed E-state index contributed by atoms with van der Waals surface area (Å²) in [4.78, 5) is 24.3. The highest BCUT2D eigenvalue weighted by atomic mass is 31.2. The molecule has 1 aromatic carbocycles. The van der Waals surface area contributed by atoms with Gasteiger partial charge < -0.3 is 39.5 Å². The first-order chi connectivity index (χ1) is 16.5. The van der Waals surface area contributed by atoms with E-state index in [2.05, 4.69) is 15.1 Å². The molecule has 190 valence electrons. The molecular formula is C21H26N3O10P. The van der Waals surface area contributed by atoms with Crippen LogP contribution in [0.2, 0.25) is 0 Å². The van der Waals surface area contributed by atoms with Crippen molar-refractivity contribution in [2.75, 3.05) is 13.7 Å². The highest BCUT2D eigenvalue weighted by molar-refractivity contribution is 7.52. The Morgan fingerprint density at radius 3 is 2.69 bits per heavy atom. The molecule has 0 saturated carbocycles. The lowest BCUT2D eigenvalue weighted by molar-refractivity contribution is -0.164. The van der Waals surface area contributed by atoms with Crippen molar-refractivity contribution in [3.05, 3.63) is 42.6 Å². The maximum absolute atomic E-state index is 13.5. The number of amides is 1. The monoisotopic (exact) mass is 511 g/mol. The molecule has 0 aromatic heterocycles. The number of aliphatic hydroxyl groups excluding tert-OH is 2. The zero-order chi connectivity index (χ0) is 25.8. The number of nitrogens with zero attached hydrogens (tertiary/aromatic N) is 1. The van der Waals surface area contributed by atoms with Crippen LogP contribution in [0, 0.1) is 12.3 Å². The van der Waals surface area contributed by atoms with Crippen LogP contribution in [0.25, 0.3) is 0 Å². The number of methoxy groups -OCH3 is 1. The molecule has 13 nitrogen and oxygen atoms in total. The van der Waals surface area contributed by atoms with E-state index in [-0.39, 0.29) is 5.75 Å². The molecule has 35 heavy (non-hydrogen) atoms. The van der Waals surface area contributed by atoms with Gasteiger partial charge in [0.05, 0.1) is 13.7 Å². The SMILES string of the molecule is C#CC1(O)C(O)C(COP(=O)(NC(C)C(=O)OC)Oc2ccccc2)OC1N1C=CC(=O)NC1O. The van der Waals surface area contributed by atoms with Crippen molar-refractivity contribution in [3.63, 3.8) is 0 Å². The third-order valence-corrected chi connectivity index (χ3v) is 6.86. The zero-order valence-electron chi connectivity index (χ0n) is 18.8. The quantitative estimate of drug-likeness (QED) is 0.156. The van der Waals surface area contributed by atoms with Gasteiger partial charge in [0, 0.05) is 12.3 Å². The second kappa shape index (κ2) is 10.8. The largest absolute Gasteiger partial charge is 0.468 e. The van der Waals surface area contributed by atoms with Gasteiger partial charge in [-0.3, -0.25) is 14.1 Å². The predicted octanol–water partition coefficient (Wildman–Crippen LogP) is -0.987. The van der Waals surface area contributed by atoms with Crippen LogP contribution >= 0.6 is 7.75 Å². The highest BCUT2D eigenvalue weighted by Crippen LogP contribution is 2.46. The first-order valence-electron chi connectivity index (χ1n) is 10.4. The summed E-state index contributed by atoms with van der Waals surface area (Å²) >= 11 is 0. The minimum atomic E-state index is -4.28. The van der Waals surface area contributed by atoms with Crippen LogP contribution < -0.4 is 14.9 Å². The lowest BCUT2D eigenvalue weighted by Crippen LogP contribution is -2.60. The van der Waals surface area contributed by atoms with E-state index < -0.39 is 62.7 Å². The number of carbonyl (C=O) groups excluding carboxylic acids is 2. The molecule has 3 rings (SSSR count). The van der Waals surface area contributed by atoms with E-state index in [0.717, 1.165) is 24.3 Å². The molecule has 1 fully saturated rings. The average molecular weight is 511 g/mol. The molecule has 7 unspecified atom stereocenters. The Bertz CT molecular complexity index is 1050. The minimum Gasteiger partial charge on any atom is -0.468 e. The number of carbonyl (C=O) groups is 2. The summed E-state index contributed by atoms with van der Waals surface area (Å²) in [6.45, 7) is 0.759. The number of benzene rings is 1. The number of para-hydroxylation sites is 1.